The highest BCUT2D eigenvalue weighted by molar-refractivity contribution is 6.25. The first kappa shape index (κ1) is 26.2. The predicted molar refractivity (Wildman–Crippen MR) is 154 cm³/mol. The van der Waals surface area contributed by atoms with Crippen LogP contribution in [-0.4, -0.2) is 41.3 Å². The standard InChI is InChI=1S/C31H28N4O6/c1-2-3-18-41-23-15-13-21(14-16-23)33-30(37)26-25-17-8-19-6-4-5-7-24(19)34(25)28(27(26)31(33)38)29(36)32-20-9-11-22(12-10-20)35(39)40/h4-17,25-28H,2-3,18H2,1H3,(H,32,36)/t25-,26-,27-,28+/m1/s1. The van der Waals surface area contributed by atoms with Gasteiger partial charge in [-0.1, -0.05) is 43.7 Å². The summed E-state index contributed by atoms with van der Waals surface area (Å²) in [6.45, 7) is 2.66. The van der Waals surface area contributed by atoms with E-state index in [1.54, 1.807) is 24.3 Å². The predicted octanol–water partition coefficient (Wildman–Crippen LogP) is 4.80. The maximum absolute atomic E-state index is 14.0. The van der Waals surface area contributed by atoms with Crippen LogP contribution in [0, 0.1) is 22.0 Å². The molecule has 3 amide bonds. The molecular formula is C31H28N4O6. The van der Waals surface area contributed by atoms with Gasteiger partial charge in [-0.2, -0.15) is 0 Å². The second-order valence-electron chi connectivity index (χ2n) is 10.3. The minimum Gasteiger partial charge on any atom is -0.494 e. The molecule has 41 heavy (non-hydrogen) atoms. The molecule has 0 spiro atoms. The number of amides is 3. The van der Waals surface area contributed by atoms with Crippen molar-refractivity contribution in [1.29, 1.82) is 0 Å². The first-order chi connectivity index (χ1) is 19.9. The summed E-state index contributed by atoms with van der Waals surface area (Å²) in [5, 5.41) is 13.9. The molecule has 0 unspecified atom stereocenters. The zero-order valence-electron chi connectivity index (χ0n) is 22.3. The number of nitro groups is 1. The number of fused-ring (bicyclic) bond motifs is 5. The zero-order chi connectivity index (χ0) is 28.7. The van der Waals surface area contributed by atoms with Crippen LogP contribution in [0.1, 0.15) is 25.3 Å². The normalized spacial score (nSPS) is 22.3. The molecule has 2 fully saturated rings. The molecule has 2 saturated heterocycles. The highest BCUT2D eigenvalue weighted by Gasteiger charge is 2.64. The van der Waals surface area contributed by atoms with Crippen LogP contribution in [0.4, 0.5) is 22.7 Å². The van der Waals surface area contributed by atoms with E-state index in [2.05, 4.69) is 12.2 Å². The van der Waals surface area contributed by atoms with Crippen LogP contribution in [0.3, 0.4) is 0 Å². The molecule has 3 heterocycles. The Morgan fingerprint density at radius 3 is 2.39 bits per heavy atom. The molecule has 0 radical (unpaired) electrons. The molecule has 1 N–H and O–H groups in total. The van der Waals surface area contributed by atoms with Gasteiger partial charge in [0.05, 0.1) is 35.1 Å². The number of para-hydroxylation sites is 1. The summed E-state index contributed by atoms with van der Waals surface area (Å²) in [7, 11) is 0. The lowest BCUT2D eigenvalue weighted by Crippen LogP contribution is -2.50. The van der Waals surface area contributed by atoms with E-state index in [1.807, 2.05) is 41.3 Å². The first-order valence-corrected chi connectivity index (χ1v) is 13.6. The highest BCUT2D eigenvalue weighted by atomic mass is 16.6. The van der Waals surface area contributed by atoms with Crippen molar-refractivity contribution in [3.63, 3.8) is 0 Å². The lowest BCUT2D eigenvalue weighted by molar-refractivity contribution is -0.384. The van der Waals surface area contributed by atoms with Crippen molar-refractivity contribution in [1.82, 2.24) is 0 Å². The quantitative estimate of drug-likeness (QED) is 0.184. The molecule has 0 aliphatic carbocycles. The van der Waals surface area contributed by atoms with Gasteiger partial charge in [-0.15, -0.1) is 0 Å². The Labute approximate surface area is 236 Å². The van der Waals surface area contributed by atoms with E-state index >= 15 is 0 Å². The van der Waals surface area contributed by atoms with Crippen LogP contribution in [-0.2, 0) is 14.4 Å². The van der Waals surface area contributed by atoms with Crippen molar-refractivity contribution in [3.05, 3.63) is 94.6 Å². The summed E-state index contributed by atoms with van der Waals surface area (Å²) in [5.74, 6) is -2.31. The van der Waals surface area contributed by atoms with Gasteiger partial charge in [-0.3, -0.25) is 24.5 Å². The van der Waals surface area contributed by atoms with Crippen LogP contribution in [0.5, 0.6) is 5.75 Å². The van der Waals surface area contributed by atoms with Gasteiger partial charge in [0.2, 0.25) is 17.7 Å². The number of imide groups is 1. The highest BCUT2D eigenvalue weighted by Crippen LogP contribution is 2.49. The van der Waals surface area contributed by atoms with E-state index in [4.69, 9.17) is 4.74 Å². The number of rotatable bonds is 8. The molecule has 6 rings (SSSR count). The van der Waals surface area contributed by atoms with Gasteiger partial charge < -0.3 is 15.0 Å². The summed E-state index contributed by atoms with van der Waals surface area (Å²) >= 11 is 0. The second-order valence-corrected chi connectivity index (χ2v) is 10.3. The lowest BCUT2D eigenvalue weighted by atomic mass is 9.88. The molecule has 3 aromatic rings. The fraction of sp³-hybridized carbons (Fsp3) is 0.258. The molecule has 3 aromatic carbocycles. The number of hydrogen-bond donors (Lipinski definition) is 1. The SMILES string of the molecule is CCCCOc1ccc(N2C(=O)[C@@H]3[C@H](C2=O)[C@H]2C=Cc4ccccc4N2[C@@H]3C(=O)Nc2ccc([N+](=O)[O-])cc2)cc1. The van der Waals surface area contributed by atoms with Gasteiger partial charge in [-0.25, -0.2) is 4.90 Å². The Hall–Kier alpha value is -4.99. The molecule has 0 bridgehead atoms. The monoisotopic (exact) mass is 552 g/mol. The van der Waals surface area contributed by atoms with Crippen molar-refractivity contribution < 1.29 is 24.0 Å². The van der Waals surface area contributed by atoms with Crippen LogP contribution < -0.4 is 19.9 Å². The van der Waals surface area contributed by atoms with E-state index in [1.165, 1.54) is 29.2 Å². The maximum Gasteiger partial charge on any atom is 0.269 e. The molecule has 3 aliphatic rings. The number of carbonyl (C=O) groups is 3. The molecule has 3 aliphatic heterocycles. The Kier molecular flexibility index (Phi) is 6.74. The van der Waals surface area contributed by atoms with Gasteiger partial charge in [0.1, 0.15) is 11.8 Å². The van der Waals surface area contributed by atoms with Crippen molar-refractivity contribution in [2.75, 3.05) is 21.7 Å². The van der Waals surface area contributed by atoms with Gasteiger partial charge in [0, 0.05) is 23.5 Å². The first-order valence-electron chi connectivity index (χ1n) is 13.6. The van der Waals surface area contributed by atoms with E-state index in [9.17, 15) is 24.5 Å². The number of carbonyl (C=O) groups excluding carboxylic acids is 3. The number of hydrogen-bond acceptors (Lipinski definition) is 7. The van der Waals surface area contributed by atoms with Crippen molar-refractivity contribution >= 4 is 46.5 Å². The van der Waals surface area contributed by atoms with Gasteiger partial charge in [0.25, 0.3) is 5.69 Å². The van der Waals surface area contributed by atoms with Crippen molar-refractivity contribution in [2.45, 2.75) is 31.8 Å². The third-order valence-electron chi connectivity index (χ3n) is 7.89. The largest absolute Gasteiger partial charge is 0.494 e. The summed E-state index contributed by atoms with van der Waals surface area (Å²) in [6.07, 6.45) is 5.74. The maximum atomic E-state index is 14.0. The van der Waals surface area contributed by atoms with E-state index in [-0.39, 0.29) is 11.6 Å². The summed E-state index contributed by atoms with van der Waals surface area (Å²) in [6, 6.07) is 18.4. The topological polar surface area (TPSA) is 122 Å². The molecular weight excluding hydrogens is 524 g/mol. The minimum absolute atomic E-state index is 0.104. The Morgan fingerprint density at radius 1 is 0.976 bits per heavy atom. The van der Waals surface area contributed by atoms with Crippen LogP contribution in [0.25, 0.3) is 6.08 Å². The van der Waals surface area contributed by atoms with Crippen molar-refractivity contribution in [2.24, 2.45) is 11.8 Å². The number of non-ortho nitro benzene ring substituents is 1. The summed E-state index contributed by atoms with van der Waals surface area (Å²) in [5.41, 5.74) is 2.33. The Balaban J connectivity index is 1.33. The molecule has 208 valence electrons. The number of unbranched alkanes of at least 4 members (excludes halogenated alkanes) is 1. The third-order valence-corrected chi connectivity index (χ3v) is 7.89. The Bertz CT molecular complexity index is 1550. The fourth-order valence-corrected chi connectivity index (χ4v) is 5.98. The Morgan fingerprint density at radius 2 is 1.68 bits per heavy atom. The van der Waals surface area contributed by atoms with Crippen molar-refractivity contribution in [3.8, 4) is 5.75 Å². The number of benzene rings is 3. The zero-order valence-corrected chi connectivity index (χ0v) is 22.3. The van der Waals surface area contributed by atoms with Crippen LogP contribution >= 0.6 is 0 Å². The molecule has 0 aromatic heterocycles. The molecule has 0 saturated carbocycles. The van der Waals surface area contributed by atoms with Crippen LogP contribution in [0.2, 0.25) is 0 Å². The van der Waals surface area contributed by atoms with E-state index < -0.39 is 40.7 Å². The number of nitrogens with one attached hydrogen (secondary N) is 1. The minimum atomic E-state index is -0.982. The lowest BCUT2D eigenvalue weighted by Gasteiger charge is -2.36. The number of anilines is 3. The van der Waals surface area contributed by atoms with E-state index in [0.29, 0.717) is 23.7 Å². The summed E-state index contributed by atoms with van der Waals surface area (Å²) in [4.78, 5) is 55.4. The average Bonchev–Trinajstić information content (AvgIpc) is 3.46. The molecule has 4 atom stereocenters. The van der Waals surface area contributed by atoms with Gasteiger partial charge in [0.15, 0.2) is 0 Å². The van der Waals surface area contributed by atoms with E-state index in [0.717, 1.165) is 24.1 Å². The number of ether oxygens (including phenoxy) is 1. The molecule has 10 heteroatoms. The molecule has 10 nitrogen and oxygen atoms in total. The van der Waals surface area contributed by atoms with Crippen LogP contribution in [0.15, 0.2) is 78.9 Å². The fourth-order valence-electron chi connectivity index (χ4n) is 5.98. The smallest absolute Gasteiger partial charge is 0.269 e. The van der Waals surface area contributed by atoms with Gasteiger partial charge >= 0.3 is 0 Å². The number of nitro benzene ring substituents is 1. The summed E-state index contributed by atoms with van der Waals surface area (Å²) < 4.78 is 5.73. The second kappa shape index (κ2) is 10.5. The average molecular weight is 553 g/mol. The number of nitrogens with zero attached hydrogens (tertiary/aromatic N) is 3. The third kappa shape index (κ3) is 4.51. The van der Waals surface area contributed by atoms with Gasteiger partial charge in [-0.05, 0) is 54.4 Å².